The van der Waals surface area contributed by atoms with E-state index in [-0.39, 0.29) is 11.4 Å². The molecule has 1 unspecified atom stereocenters. The predicted octanol–water partition coefficient (Wildman–Crippen LogP) is 4.38. The zero-order valence-electron chi connectivity index (χ0n) is 16.9. The largest absolute Gasteiger partial charge is 0.497 e. The maximum Gasteiger partial charge on any atom is 0.240 e. The van der Waals surface area contributed by atoms with Crippen LogP contribution < -0.4 is 9.46 Å². The number of sulfonamides is 1. The quantitative estimate of drug-likeness (QED) is 0.562. The summed E-state index contributed by atoms with van der Waals surface area (Å²) in [5, 5.41) is 0. The monoisotopic (exact) mass is 414 g/mol. The maximum absolute atomic E-state index is 12.5. The van der Waals surface area contributed by atoms with Crippen molar-refractivity contribution in [1.29, 1.82) is 0 Å². The lowest BCUT2D eigenvalue weighted by atomic mass is 9.99. The molecule has 0 bridgehead atoms. The van der Waals surface area contributed by atoms with E-state index in [0.717, 1.165) is 23.3 Å². The molecule has 0 aliphatic rings. The van der Waals surface area contributed by atoms with Crippen LogP contribution in [0.2, 0.25) is 0 Å². The Labute approximate surface area is 172 Å². The van der Waals surface area contributed by atoms with Crippen LogP contribution in [-0.2, 0) is 16.4 Å². The Morgan fingerprint density at radius 3 is 2.41 bits per heavy atom. The third kappa shape index (κ3) is 5.25. The number of oxazole rings is 1. The van der Waals surface area contributed by atoms with E-state index in [1.54, 1.807) is 25.5 Å². The molecule has 0 radical (unpaired) electrons. The lowest BCUT2D eigenvalue weighted by molar-refractivity contribution is 0.415. The van der Waals surface area contributed by atoms with Gasteiger partial charge in [0.25, 0.3) is 0 Å². The second-order valence-corrected chi connectivity index (χ2v) is 8.67. The van der Waals surface area contributed by atoms with Crippen LogP contribution in [0, 0.1) is 0 Å². The minimum atomic E-state index is -3.55. The van der Waals surface area contributed by atoms with Gasteiger partial charge in [-0.15, -0.1) is 0 Å². The highest BCUT2D eigenvalue weighted by atomic mass is 32.2. The van der Waals surface area contributed by atoms with Crippen LogP contribution >= 0.6 is 0 Å². The molecule has 1 atom stereocenters. The van der Waals surface area contributed by atoms with Gasteiger partial charge in [-0.1, -0.05) is 26.0 Å². The fourth-order valence-electron chi connectivity index (χ4n) is 2.90. The van der Waals surface area contributed by atoms with Crippen LogP contribution in [0.15, 0.2) is 64.1 Å². The smallest absolute Gasteiger partial charge is 0.240 e. The number of aromatic nitrogens is 1. The first-order chi connectivity index (χ1) is 13.9. The molecular formula is C22H26N2O4S. The van der Waals surface area contributed by atoms with Crippen LogP contribution in [0.1, 0.15) is 37.4 Å². The van der Waals surface area contributed by atoms with Crippen molar-refractivity contribution in [3.63, 3.8) is 0 Å². The van der Waals surface area contributed by atoms with Crippen molar-refractivity contribution < 1.29 is 17.6 Å². The van der Waals surface area contributed by atoms with Crippen LogP contribution in [-0.4, -0.2) is 27.1 Å². The Morgan fingerprint density at radius 2 is 1.79 bits per heavy atom. The van der Waals surface area contributed by atoms with Crippen LogP contribution in [0.5, 0.6) is 5.75 Å². The van der Waals surface area contributed by atoms with E-state index in [4.69, 9.17) is 9.15 Å². The molecule has 6 nitrogen and oxygen atoms in total. The highest BCUT2D eigenvalue weighted by Gasteiger charge is 2.15. The first kappa shape index (κ1) is 21.1. The van der Waals surface area contributed by atoms with Crippen molar-refractivity contribution in [2.24, 2.45) is 0 Å². The fraction of sp³-hybridized carbons (Fsp3) is 0.318. The van der Waals surface area contributed by atoms with Gasteiger partial charge in [0.15, 0.2) is 0 Å². The summed E-state index contributed by atoms with van der Waals surface area (Å²) in [5.74, 6) is 1.66. The lowest BCUT2D eigenvalue weighted by Gasteiger charge is -2.10. The van der Waals surface area contributed by atoms with Gasteiger partial charge in [-0.05, 0) is 54.3 Å². The Bertz CT molecular complexity index is 1030. The molecule has 3 aromatic rings. The van der Waals surface area contributed by atoms with Gasteiger partial charge in [-0.3, -0.25) is 0 Å². The third-order valence-corrected chi connectivity index (χ3v) is 6.41. The molecule has 0 saturated heterocycles. The highest BCUT2D eigenvalue weighted by Crippen LogP contribution is 2.22. The first-order valence-corrected chi connectivity index (χ1v) is 11.1. The predicted molar refractivity (Wildman–Crippen MR) is 113 cm³/mol. The number of ether oxygens (including phenoxy) is 1. The van der Waals surface area contributed by atoms with Gasteiger partial charge < -0.3 is 9.15 Å². The number of hydrogen-bond donors (Lipinski definition) is 1. The van der Waals surface area contributed by atoms with Crippen LogP contribution in [0.4, 0.5) is 0 Å². The van der Waals surface area contributed by atoms with E-state index in [1.807, 2.05) is 36.4 Å². The summed E-state index contributed by atoms with van der Waals surface area (Å²) in [4.78, 5) is 4.69. The van der Waals surface area contributed by atoms with Crippen molar-refractivity contribution in [1.82, 2.24) is 9.71 Å². The second kappa shape index (κ2) is 9.24. The summed E-state index contributed by atoms with van der Waals surface area (Å²) >= 11 is 0. The molecule has 1 heterocycles. The summed E-state index contributed by atoms with van der Waals surface area (Å²) in [6.45, 7) is 4.48. The van der Waals surface area contributed by atoms with Crippen molar-refractivity contribution in [3.05, 3.63) is 66.1 Å². The molecule has 0 aliphatic carbocycles. The van der Waals surface area contributed by atoms with Crippen molar-refractivity contribution in [2.75, 3.05) is 13.7 Å². The van der Waals surface area contributed by atoms with Gasteiger partial charge in [-0.2, -0.15) is 0 Å². The first-order valence-electron chi connectivity index (χ1n) is 9.61. The van der Waals surface area contributed by atoms with Gasteiger partial charge in [0.05, 0.1) is 17.7 Å². The molecule has 0 amide bonds. The van der Waals surface area contributed by atoms with Gasteiger partial charge in [0, 0.05) is 18.5 Å². The average Bonchev–Trinajstić information content (AvgIpc) is 3.22. The molecule has 29 heavy (non-hydrogen) atoms. The van der Waals surface area contributed by atoms with E-state index >= 15 is 0 Å². The topological polar surface area (TPSA) is 81.4 Å². The average molecular weight is 415 g/mol. The number of hydrogen-bond acceptors (Lipinski definition) is 5. The molecule has 0 aliphatic heterocycles. The molecule has 1 aromatic heterocycles. The van der Waals surface area contributed by atoms with Crippen LogP contribution in [0.25, 0.3) is 11.5 Å². The molecule has 7 heteroatoms. The summed E-state index contributed by atoms with van der Waals surface area (Å²) in [6.07, 6.45) is 3.00. The number of methoxy groups -OCH3 is 1. The van der Waals surface area contributed by atoms with E-state index in [1.165, 1.54) is 0 Å². The Balaban J connectivity index is 1.58. The van der Waals surface area contributed by atoms with Crippen molar-refractivity contribution >= 4 is 10.0 Å². The lowest BCUT2D eigenvalue weighted by Crippen LogP contribution is -2.26. The van der Waals surface area contributed by atoms with Crippen molar-refractivity contribution in [2.45, 2.75) is 37.5 Å². The van der Waals surface area contributed by atoms with Crippen molar-refractivity contribution in [3.8, 4) is 17.2 Å². The number of benzene rings is 2. The molecule has 2 aromatic carbocycles. The summed E-state index contributed by atoms with van der Waals surface area (Å²) in [5.41, 5.74) is 2.66. The van der Waals surface area contributed by atoms with Gasteiger partial charge >= 0.3 is 0 Å². The summed E-state index contributed by atoms with van der Waals surface area (Å²) in [6, 6.07) is 14.5. The maximum atomic E-state index is 12.5. The fourth-order valence-corrected chi connectivity index (χ4v) is 3.93. The standard InChI is InChI=1S/C22H26N2O4S/c1-4-16(2)17-7-11-21(12-8-17)29(25,26)23-14-13-19-15-28-22(24-19)18-5-9-20(27-3)10-6-18/h5-12,15-16,23H,4,13-14H2,1-3H3. The summed E-state index contributed by atoms with van der Waals surface area (Å²) in [7, 11) is -1.94. The molecule has 1 N–H and O–H groups in total. The van der Waals surface area contributed by atoms with E-state index in [2.05, 4.69) is 23.6 Å². The summed E-state index contributed by atoms with van der Waals surface area (Å²) < 4.78 is 38.3. The number of nitrogens with one attached hydrogen (secondary N) is 1. The number of rotatable bonds is 9. The van der Waals surface area contributed by atoms with E-state index < -0.39 is 10.0 Å². The minimum Gasteiger partial charge on any atom is -0.497 e. The molecule has 0 saturated carbocycles. The van der Waals surface area contributed by atoms with Gasteiger partial charge in [-0.25, -0.2) is 18.1 Å². The molecule has 3 rings (SSSR count). The SMILES string of the molecule is CCC(C)c1ccc(S(=O)(=O)NCCc2coc(-c3ccc(OC)cc3)n2)cc1. The molecule has 154 valence electrons. The minimum absolute atomic E-state index is 0.240. The van der Waals surface area contributed by atoms with E-state index in [9.17, 15) is 8.42 Å². The normalized spacial score (nSPS) is 12.7. The van der Waals surface area contributed by atoms with Gasteiger partial charge in [0.1, 0.15) is 12.0 Å². The van der Waals surface area contributed by atoms with E-state index in [0.29, 0.717) is 23.9 Å². The molecule has 0 fully saturated rings. The Morgan fingerprint density at radius 1 is 1.10 bits per heavy atom. The molecule has 0 spiro atoms. The van der Waals surface area contributed by atoms with Gasteiger partial charge in [0.2, 0.25) is 15.9 Å². The highest BCUT2D eigenvalue weighted by molar-refractivity contribution is 7.89. The third-order valence-electron chi connectivity index (χ3n) is 4.93. The Hall–Kier alpha value is -2.64. The zero-order chi connectivity index (χ0) is 20.9. The second-order valence-electron chi connectivity index (χ2n) is 6.90. The number of nitrogens with zero attached hydrogens (tertiary/aromatic N) is 1. The molecular weight excluding hydrogens is 388 g/mol. The zero-order valence-corrected chi connectivity index (χ0v) is 17.7. The van der Waals surface area contributed by atoms with Crippen LogP contribution in [0.3, 0.4) is 0 Å². The Kier molecular flexibility index (Phi) is 6.71.